The molecule has 0 spiro atoms. The fraction of sp³-hybridized carbons (Fsp3) is 0.507. The predicted molar refractivity (Wildman–Crippen MR) is 352 cm³/mol. The Hall–Kier alpha value is -8.90. The van der Waals surface area contributed by atoms with Gasteiger partial charge < -0.3 is 118 Å². The maximum atomic E-state index is 14.5. The van der Waals surface area contributed by atoms with Crippen molar-refractivity contribution < 1.29 is 127 Å². The minimum atomic E-state index is -1.81. The zero-order valence-electron chi connectivity index (χ0n) is 56.6. The van der Waals surface area contributed by atoms with Crippen molar-refractivity contribution in [1.82, 2.24) is 20.4 Å². The molecule has 4 fully saturated rings. The highest BCUT2D eigenvalue weighted by Gasteiger charge is 2.50. The highest BCUT2D eigenvalue weighted by Crippen LogP contribution is 2.45. The molecule has 4 aromatic carbocycles. The number of carbonyl (C=O) groups excluding carboxylic acids is 6. The standard InChI is InChI=1S/C69H86N6O26/c1-34-20-44-63(87)74(67(89)97-31-36-12-14-47(40(22-36)59(83)70-16-19-91-6)100-66-58(82)56(80)55(79)53(30-76)101-66)42-26-51(49(92-7)24-38(42)61(85)72(44)28-34)94-17-10-9-11-18-95-52-27-43-39(25-50(52)93-8)62(86)73-29-35(2)21-45(73)64(88)75(43)68(90)98-32-37-13-15-48(41(23-37)60(84)71-69(3,4)5)99-65-57(81)54(78)46(77)33-96-65/h12-15,22-27,44-46,53-58,63-66,76-82,87-88H,1-2,9-11,16-21,28-33H2,3-8H3,(H,70,83)(H,71,84)/t44-,45-,46+,53+,54-,55-,56-,57+,58+,63?,64?,65-,66+/m0/s1. The Bertz CT molecular complexity index is 3750. The molecule has 6 aliphatic heterocycles. The van der Waals surface area contributed by atoms with E-state index in [1.165, 1.54) is 91.8 Å². The Morgan fingerprint density at radius 1 is 0.584 bits per heavy atom. The average Bonchev–Trinajstić information content (AvgIpc) is 1.62. The van der Waals surface area contributed by atoms with Crippen molar-refractivity contribution in [2.75, 3.05) is 83.8 Å². The first kappa shape index (κ1) is 74.8. The van der Waals surface area contributed by atoms with Crippen LogP contribution in [0.2, 0.25) is 0 Å². The van der Waals surface area contributed by atoms with Gasteiger partial charge in [0.25, 0.3) is 23.6 Å². The SMILES string of the molecule is C=C1C[C@H]2C(O)N(C(=O)OCc3ccc(O[C@@H]4O[C@H](CO)[C@H](O)[C@H](O)[C@H]4O)c(C(=O)NCCOC)c3)c3cc(OCCCCCOc4cc5c(cc4OC)C(=O)N4CC(=C)C[C@H]4C(O)N5C(=O)OCc4ccc(O[C@@H]5OC[C@@H](O)[C@H](O)[C@H]5O)c(C(=O)NC(C)(C)C)c4)c(OC)cc3C(=O)N2C1. The average molecular weight is 1420 g/mol. The third kappa shape index (κ3) is 16.4. The molecule has 0 aliphatic carbocycles. The highest BCUT2D eigenvalue weighted by molar-refractivity contribution is 6.07. The monoisotopic (exact) mass is 1410 g/mol. The predicted octanol–water partition coefficient (Wildman–Crippen LogP) is 1.72. The number of anilines is 2. The second-order valence-electron chi connectivity index (χ2n) is 26.2. The van der Waals surface area contributed by atoms with Gasteiger partial charge in [-0.05, 0) is 100 Å². The molecule has 32 heteroatoms. The molecule has 0 aromatic heterocycles. The molecule has 0 radical (unpaired) electrons. The number of aliphatic hydroxyl groups is 9. The number of unbranched alkanes of at least 4 members (excludes halogenated alkanes) is 2. The van der Waals surface area contributed by atoms with Crippen LogP contribution in [-0.4, -0.2) is 251 Å². The van der Waals surface area contributed by atoms with E-state index in [0.717, 1.165) is 9.80 Å². The number of rotatable bonds is 24. The summed E-state index contributed by atoms with van der Waals surface area (Å²) < 4.78 is 63.4. The molecular formula is C69H86N6O26. The van der Waals surface area contributed by atoms with Crippen LogP contribution in [0.5, 0.6) is 34.5 Å². The van der Waals surface area contributed by atoms with Crippen molar-refractivity contribution >= 4 is 47.2 Å². The van der Waals surface area contributed by atoms with E-state index in [-0.39, 0.29) is 138 Å². The van der Waals surface area contributed by atoms with E-state index in [9.17, 15) is 74.7 Å². The van der Waals surface area contributed by atoms with Crippen molar-refractivity contribution in [3.8, 4) is 34.5 Å². The van der Waals surface area contributed by atoms with Crippen molar-refractivity contribution in [3.05, 3.63) is 118 Å². The molecule has 11 N–H and O–H groups in total. The second kappa shape index (κ2) is 32.0. The number of amides is 6. The number of fused-ring (bicyclic) bond motifs is 4. The lowest BCUT2D eigenvalue weighted by Crippen LogP contribution is -2.60. The lowest BCUT2D eigenvalue weighted by Gasteiger charge is -2.39. The molecule has 4 aromatic rings. The van der Waals surface area contributed by atoms with Crippen LogP contribution in [0.3, 0.4) is 0 Å². The van der Waals surface area contributed by atoms with Gasteiger partial charge in [-0.15, -0.1) is 0 Å². The zero-order valence-corrected chi connectivity index (χ0v) is 56.6. The van der Waals surface area contributed by atoms with Crippen molar-refractivity contribution in [2.45, 2.75) is 151 Å². The minimum absolute atomic E-state index is 0.0190. The Labute approximate surface area is 580 Å². The first-order valence-electron chi connectivity index (χ1n) is 32.7. The summed E-state index contributed by atoms with van der Waals surface area (Å²) in [6, 6.07) is 12.0. The molecule has 101 heavy (non-hydrogen) atoms. The van der Waals surface area contributed by atoms with Gasteiger partial charge in [0.15, 0.2) is 35.5 Å². The zero-order chi connectivity index (χ0) is 72.9. The summed E-state index contributed by atoms with van der Waals surface area (Å²) in [6.07, 6.45) is -18.3. The van der Waals surface area contributed by atoms with Crippen LogP contribution in [0.25, 0.3) is 0 Å². The van der Waals surface area contributed by atoms with E-state index in [0.29, 0.717) is 30.4 Å². The van der Waals surface area contributed by atoms with Crippen LogP contribution in [0, 0.1) is 0 Å². The molecule has 0 saturated carbocycles. The molecule has 4 saturated heterocycles. The van der Waals surface area contributed by atoms with Crippen molar-refractivity contribution in [1.29, 1.82) is 0 Å². The van der Waals surface area contributed by atoms with Crippen LogP contribution >= 0.6 is 0 Å². The molecule has 0 bridgehead atoms. The summed E-state index contributed by atoms with van der Waals surface area (Å²) >= 11 is 0. The molecule has 548 valence electrons. The number of benzene rings is 4. The summed E-state index contributed by atoms with van der Waals surface area (Å²) in [5, 5.41) is 102. The summed E-state index contributed by atoms with van der Waals surface area (Å²) in [5.41, 5.74) is 0.652. The van der Waals surface area contributed by atoms with Crippen LogP contribution in [0.15, 0.2) is 85.0 Å². The first-order chi connectivity index (χ1) is 48.1. The van der Waals surface area contributed by atoms with Gasteiger partial charge in [0.1, 0.15) is 67.4 Å². The number of hydrogen-bond acceptors (Lipinski definition) is 26. The molecule has 6 heterocycles. The number of nitrogens with zero attached hydrogens (tertiary/aromatic N) is 4. The topological polar surface area (TPSA) is 423 Å². The maximum absolute atomic E-state index is 14.5. The van der Waals surface area contributed by atoms with Gasteiger partial charge in [0.05, 0.1) is 93.0 Å². The van der Waals surface area contributed by atoms with Crippen molar-refractivity contribution in [2.24, 2.45) is 0 Å². The van der Waals surface area contributed by atoms with E-state index < -0.39 is 141 Å². The molecular weight excluding hydrogens is 1330 g/mol. The van der Waals surface area contributed by atoms with E-state index in [4.69, 9.17) is 52.1 Å². The van der Waals surface area contributed by atoms with E-state index in [1.54, 1.807) is 20.8 Å². The Kier molecular flexibility index (Phi) is 23.7. The molecule has 32 nitrogen and oxygen atoms in total. The van der Waals surface area contributed by atoms with E-state index >= 15 is 0 Å². The third-order valence-electron chi connectivity index (χ3n) is 17.7. The number of carbonyl (C=O) groups is 6. The summed E-state index contributed by atoms with van der Waals surface area (Å²) in [7, 11) is 4.17. The van der Waals surface area contributed by atoms with Crippen LogP contribution < -0.4 is 48.9 Å². The van der Waals surface area contributed by atoms with Crippen LogP contribution in [0.1, 0.15) is 105 Å². The normalized spacial score (nSPS) is 25.6. The molecule has 13 atom stereocenters. The van der Waals surface area contributed by atoms with Gasteiger partial charge in [-0.2, -0.15) is 0 Å². The quantitative estimate of drug-likeness (QED) is 0.0351. The number of hydrogen-bond donors (Lipinski definition) is 11. The second-order valence-corrected chi connectivity index (χ2v) is 26.2. The number of aliphatic hydroxyl groups excluding tert-OH is 9. The Morgan fingerprint density at radius 3 is 1.54 bits per heavy atom. The van der Waals surface area contributed by atoms with Crippen LogP contribution in [0.4, 0.5) is 21.0 Å². The third-order valence-corrected chi connectivity index (χ3v) is 17.7. The molecule has 10 rings (SSSR count). The van der Waals surface area contributed by atoms with Gasteiger partial charge in [0, 0.05) is 44.4 Å². The lowest BCUT2D eigenvalue weighted by molar-refractivity contribution is -0.277. The number of ether oxygens (including phenoxy) is 11. The maximum Gasteiger partial charge on any atom is 0.416 e. The Balaban J connectivity index is 0.821. The fourth-order valence-corrected chi connectivity index (χ4v) is 12.5. The van der Waals surface area contributed by atoms with Gasteiger partial charge in [-0.25, -0.2) is 19.4 Å². The molecule has 2 unspecified atom stereocenters. The van der Waals surface area contributed by atoms with Crippen LogP contribution in [-0.2, 0) is 36.9 Å². The van der Waals surface area contributed by atoms with Crippen molar-refractivity contribution in [3.63, 3.8) is 0 Å². The number of methoxy groups -OCH3 is 3. The summed E-state index contributed by atoms with van der Waals surface area (Å²) in [6.45, 7) is 11.8. The van der Waals surface area contributed by atoms with Gasteiger partial charge in [0.2, 0.25) is 12.6 Å². The molecule has 6 aliphatic rings. The van der Waals surface area contributed by atoms with E-state index in [1.807, 2.05) is 0 Å². The largest absolute Gasteiger partial charge is 0.493 e. The minimum Gasteiger partial charge on any atom is -0.493 e. The highest BCUT2D eigenvalue weighted by atomic mass is 16.7. The summed E-state index contributed by atoms with van der Waals surface area (Å²) in [4.78, 5) is 89.9. The van der Waals surface area contributed by atoms with Gasteiger partial charge in [-0.3, -0.25) is 19.2 Å². The Morgan fingerprint density at radius 2 is 1.07 bits per heavy atom. The molecule has 6 amide bonds. The van der Waals surface area contributed by atoms with Gasteiger partial charge in [-0.1, -0.05) is 36.4 Å². The smallest absolute Gasteiger partial charge is 0.416 e. The fourth-order valence-electron chi connectivity index (χ4n) is 12.5. The summed E-state index contributed by atoms with van der Waals surface area (Å²) in [5.74, 6) is -2.14. The van der Waals surface area contributed by atoms with E-state index in [2.05, 4.69) is 23.8 Å². The first-order valence-corrected chi connectivity index (χ1v) is 32.7. The number of nitrogens with one attached hydrogen (secondary N) is 2. The van der Waals surface area contributed by atoms with Gasteiger partial charge >= 0.3 is 12.2 Å². The lowest BCUT2D eigenvalue weighted by atomic mass is 9.99.